The topological polar surface area (TPSA) is 116 Å². The fourth-order valence-electron chi connectivity index (χ4n) is 2.59. The number of primary amides is 1. The van der Waals surface area contributed by atoms with Crippen molar-refractivity contribution < 1.29 is 23.9 Å². The number of esters is 1. The van der Waals surface area contributed by atoms with Crippen LogP contribution in [0.15, 0.2) is 30.3 Å². The largest absolute Gasteiger partial charge is 0.427 e. The van der Waals surface area contributed by atoms with Crippen molar-refractivity contribution in [3.05, 3.63) is 30.3 Å². The van der Waals surface area contributed by atoms with Gasteiger partial charge in [-0.05, 0) is 31.9 Å². The molecule has 0 fully saturated rings. The molecule has 7 nitrogen and oxygen atoms in total. The fourth-order valence-corrected chi connectivity index (χ4v) is 2.59. The molecule has 3 N–H and O–H groups in total. The number of rotatable bonds is 12. The highest BCUT2D eigenvalue weighted by molar-refractivity contribution is 5.90. The van der Waals surface area contributed by atoms with Crippen LogP contribution in [0.25, 0.3) is 0 Å². The number of carbonyl (C=O) groups is 4. The van der Waals surface area contributed by atoms with Gasteiger partial charge in [0.05, 0.1) is 5.92 Å². The number of ketones is 1. The zero-order valence-corrected chi connectivity index (χ0v) is 15.9. The van der Waals surface area contributed by atoms with E-state index in [2.05, 4.69) is 5.32 Å². The van der Waals surface area contributed by atoms with E-state index >= 15 is 0 Å². The lowest BCUT2D eigenvalue weighted by Gasteiger charge is -2.19. The van der Waals surface area contributed by atoms with Crippen molar-refractivity contribution in [1.29, 1.82) is 0 Å². The lowest BCUT2D eigenvalue weighted by Crippen LogP contribution is -2.39. The van der Waals surface area contributed by atoms with Crippen LogP contribution in [0.1, 0.15) is 52.4 Å². The van der Waals surface area contributed by atoms with Crippen LogP contribution in [0.3, 0.4) is 0 Å². The van der Waals surface area contributed by atoms with Gasteiger partial charge in [-0.2, -0.15) is 0 Å². The summed E-state index contributed by atoms with van der Waals surface area (Å²) < 4.78 is 5.19. The van der Waals surface area contributed by atoms with Gasteiger partial charge in [0.25, 0.3) is 0 Å². The molecule has 148 valence electrons. The van der Waals surface area contributed by atoms with Crippen LogP contribution in [0.5, 0.6) is 5.75 Å². The van der Waals surface area contributed by atoms with Gasteiger partial charge in [0.2, 0.25) is 11.8 Å². The molecule has 0 saturated carbocycles. The second kappa shape index (κ2) is 11.8. The van der Waals surface area contributed by atoms with Crippen molar-refractivity contribution in [1.82, 2.24) is 5.32 Å². The summed E-state index contributed by atoms with van der Waals surface area (Å²) in [5, 5.41) is 2.75. The molecular formula is C20H28N2O5. The summed E-state index contributed by atoms with van der Waals surface area (Å²) in [5.41, 5.74) is 5.19. The van der Waals surface area contributed by atoms with Gasteiger partial charge in [-0.15, -0.1) is 0 Å². The molecule has 0 spiro atoms. The summed E-state index contributed by atoms with van der Waals surface area (Å²) in [5.74, 6) is -1.80. The molecule has 27 heavy (non-hydrogen) atoms. The molecule has 2 amide bonds. The first-order valence-electron chi connectivity index (χ1n) is 9.17. The number of para-hydroxylation sites is 1. The summed E-state index contributed by atoms with van der Waals surface area (Å²) in [6.45, 7) is 3.63. The minimum atomic E-state index is -0.778. The Morgan fingerprint density at radius 2 is 1.74 bits per heavy atom. The average Bonchev–Trinajstić information content (AvgIpc) is 2.60. The molecular weight excluding hydrogens is 348 g/mol. The number of nitrogens with two attached hydrogens (primary N) is 1. The third-order valence-corrected chi connectivity index (χ3v) is 3.97. The van der Waals surface area contributed by atoms with E-state index < -0.39 is 23.7 Å². The van der Waals surface area contributed by atoms with Gasteiger partial charge in [0.15, 0.2) is 0 Å². The standard InChI is InChI=1S/C20H28N2O5/c1-3-7-16(23)12-15(13-18(21)24)20(26)22-14(2)10-11-19(25)27-17-8-5-4-6-9-17/h4-6,8-9,14-15H,3,7,10-13H2,1-2H3,(H2,21,24)(H,22,26)/t14-,15+/m0/s1. The van der Waals surface area contributed by atoms with Crippen LogP contribution in [-0.4, -0.2) is 29.6 Å². The van der Waals surface area contributed by atoms with Crippen molar-refractivity contribution in [2.75, 3.05) is 0 Å². The molecule has 0 aliphatic heterocycles. The van der Waals surface area contributed by atoms with Crippen LogP contribution >= 0.6 is 0 Å². The molecule has 1 aromatic carbocycles. The number of ether oxygens (including phenoxy) is 1. The molecule has 0 aliphatic carbocycles. The second-order valence-electron chi connectivity index (χ2n) is 6.60. The Bertz CT molecular complexity index is 645. The van der Waals surface area contributed by atoms with E-state index in [-0.39, 0.29) is 31.1 Å². The zero-order chi connectivity index (χ0) is 20.2. The first-order chi connectivity index (χ1) is 12.8. The van der Waals surface area contributed by atoms with Gasteiger partial charge in [-0.1, -0.05) is 25.1 Å². The molecule has 0 bridgehead atoms. The Morgan fingerprint density at radius 3 is 2.33 bits per heavy atom. The van der Waals surface area contributed by atoms with E-state index in [0.717, 1.165) is 0 Å². The van der Waals surface area contributed by atoms with Crippen molar-refractivity contribution >= 4 is 23.6 Å². The highest BCUT2D eigenvalue weighted by Crippen LogP contribution is 2.14. The number of amides is 2. The lowest BCUT2D eigenvalue weighted by atomic mass is 9.95. The van der Waals surface area contributed by atoms with E-state index in [9.17, 15) is 19.2 Å². The molecule has 0 aliphatic rings. The number of nitrogens with one attached hydrogen (secondary N) is 1. The third kappa shape index (κ3) is 9.53. The number of carbonyl (C=O) groups excluding carboxylic acids is 4. The van der Waals surface area contributed by atoms with Crippen LogP contribution in [-0.2, 0) is 19.2 Å². The minimum absolute atomic E-state index is 0.00855. The highest BCUT2D eigenvalue weighted by Gasteiger charge is 2.24. The van der Waals surface area contributed by atoms with Crippen molar-refractivity contribution in [3.63, 3.8) is 0 Å². The first-order valence-corrected chi connectivity index (χ1v) is 9.17. The molecule has 2 atom stereocenters. The maximum atomic E-state index is 12.4. The van der Waals surface area contributed by atoms with Gasteiger partial charge in [-0.3, -0.25) is 19.2 Å². The number of Topliss-reactive ketones (excluding diaryl/α,β-unsaturated/α-hetero) is 1. The molecule has 0 aromatic heterocycles. The van der Waals surface area contributed by atoms with Crippen molar-refractivity contribution in [2.24, 2.45) is 11.7 Å². The Labute approximate surface area is 159 Å². The molecule has 0 saturated heterocycles. The number of hydrogen-bond acceptors (Lipinski definition) is 5. The zero-order valence-electron chi connectivity index (χ0n) is 15.9. The van der Waals surface area contributed by atoms with Crippen molar-refractivity contribution in [3.8, 4) is 5.75 Å². The molecule has 1 aromatic rings. The quantitative estimate of drug-likeness (QED) is 0.428. The fraction of sp³-hybridized carbons (Fsp3) is 0.500. The third-order valence-electron chi connectivity index (χ3n) is 3.97. The Hall–Kier alpha value is -2.70. The normalized spacial score (nSPS) is 12.7. The minimum Gasteiger partial charge on any atom is -0.427 e. The summed E-state index contributed by atoms with van der Waals surface area (Å²) in [7, 11) is 0. The molecule has 1 rings (SSSR count). The summed E-state index contributed by atoms with van der Waals surface area (Å²) in [4.78, 5) is 47.3. The highest BCUT2D eigenvalue weighted by atomic mass is 16.5. The monoisotopic (exact) mass is 376 g/mol. The van der Waals surface area contributed by atoms with Crippen LogP contribution in [0.2, 0.25) is 0 Å². The van der Waals surface area contributed by atoms with E-state index in [0.29, 0.717) is 25.0 Å². The second-order valence-corrected chi connectivity index (χ2v) is 6.60. The molecule has 0 heterocycles. The van der Waals surface area contributed by atoms with Crippen LogP contribution < -0.4 is 15.8 Å². The van der Waals surface area contributed by atoms with Gasteiger partial charge in [0.1, 0.15) is 11.5 Å². The van der Waals surface area contributed by atoms with E-state index in [1.165, 1.54) is 0 Å². The summed E-state index contributed by atoms with van der Waals surface area (Å²) >= 11 is 0. The van der Waals surface area contributed by atoms with Gasteiger partial charge in [0, 0.05) is 31.7 Å². The smallest absolute Gasteiger partial charge is 0.311 e. The SMILES string of the molecule is CCCC(=O)C[C@H](CC(N)=O)C(=O)N[C@@H](C)CCC(=O)Oc1ccccc1. The van der Waals surface area contributed by atoms with Gasteiger partial charge in [-0.25, -0.2) is 0 Å². The molecule has 7 heteroatoms. The van der Waals surface area contributed by atoms with Crippen LogP contribution in [0.4, 0.5) is 0 Å². The number of benzene rings is 1. The number of hydrogen-bond donors (Lipinski definition) is 2. The maximum Gasteiger partial charge on any atom is 0.311 e. The van der Waals surface area contributed by atoms with E-state index in [4.69, 9.17) is 10.5 Å². The maximum absolute atomic E-state index is 12.4. The predicted molar refractivity (Wildman–Crippen MR) is 101 cm³/mol. The van der Waals surface area contributed by atoms with Crippen molar-refractivity contribution in [2.45, 2.75) is 58.4 Å². The summed E-state index contributed by atoms with van der Waals surface area (Å²) in [6, 6.07) is 8.42. The predicted octanol–water partition coefficient (Wildman–Crippen LogP) is 2.13. The lowest BCUT2D eigenvalue weighted by molar-refractivity contribution is -0.135. The Balaban J connectivity index is 2.47. The van der Waals surface area contributed by atoms with Gasteiger partial charge < -0.3 is 15.8 Å². The Morgan fingerprint density at radius 1 is 1.07 bits per heavy atom. The van der Waals surface area contributed by atoms with Gasteiger partial charge >= 0.3 is 5.97 Å². The van der Waals surface area contributed by atoms with E-state index in [1.54, 1.807) is 31.2 Å². The Kier molecular flexibility index (Phi) is 9.79. The molecule has 0 unspecified atom stereocenters. The van der Waals surface area contributed by atoms with Crippen LogP contribution in [0, 0.1) is 5.92 Å². The van der Waals surface area contributed by atoms with E-state index in [1.807, 2.05) is 13.0 Å². The summed E-state index contributed by atoms with van der Waals surface area (Å²) in [6.07, 6.45) is 1.37. The first kappa shape index (κ1) is 22.3. The molecule has 0 radical (unpaired) electrons. The average molecular weight is 376 g/mol.